The normalized spacial score (nSPS) is 13.7. The molecule has 0 amide bonds. The van der Waals surface area contributed by atoms with E-state index in [2.05, 4.69) is 264 Å². The Morgan fingerprint density at radius 3 is 1.71 bits per heavy atom. The Bertz CT molecular complexity index is 3050. The Labute approximate surface area is 409 Å². The van der Waals surface area contributed by atoms with Gasteiger partial charge in [0.15, 0.2) is 0 Å². The quantitative estimate of drug-likeness (QED) is 0.155. The first-order valence-corrected chi connectivity index (χ1v) is 23.3. The summed E-state index contributed by atoms with van der Waals surface area (Å²) in [5.41, 5.74) is 15.9. The third-order valence-corrected chi connectivity index (χ3v) is 13.5. The van der Waals surface area contributed by atoms with Gasteiger partial charge in [-0.05, 0) is 96.7 Å². The molecule has 8 aromatic rings. The number of nitrogens with zero attached hydrogens (tertiary/aromatic N) is 4. The van der Waals surface area contributed by atoms with Crippen molar-refractivity contribution in [3.8, 4) is 16.9 Å². The second-order valence-electron chi connectivity index (χ2n) is 22.8. The van der Waals surface area contributed by atoms with Gasteiger partial charge in [0.2, 0.25) is 0 Å². The minimum atomic E-state index is -0.430. The molecule has 1 aliphatic heterocycles. The van der Waals surface area contributed by atoms with Gasteiger partial charge in [0.25, 0.3) is 0 Å². The van der Waals surface area contributed by atoms with Crippen molar-refractivity contribution in [1.29, 1.82) is 0 Å². The third kappa shape index (κ3) is 8.56. The minimum absolute atomic E-state index is 0. The standard InChI is InChI=1S/C61H65N4.Pt/c1-57(2,3)41-28-26-40(27-29-41)50-38-62-56(37-51(50)60(10,11)12)65-52-23-16-15-22-48(52)49-31-30-43(36-55(49)65)61(13,14)42-20-19-21-46(33-42)63-39-64(54-25-18-17-24-53(54)63)47-34-44(58(4,5)6)32-45(35-47)59(7,8)9;/h15-32,34-35,37-39H,1-14H3;/q-3;. The van der Waals surface area contributed by atoms with E-state index in [4.69, 9.17) is 4.98 Å². The van der Waals surface area contributed by atoms with Crippen LogP contribution in [0.1, 0.15) is 130 Å². The molecule has 0 bridgehead atoms. The molecular weight excluding hydrogens is 984 g/mol. The first-order valence-electron chi connectivity index (χ1n) is 23.3. The van der Waals surface area contributed by atoms with E-state index in [1.807, 2.05) is 0 Å². The van der Waals surface area contributed by atoms with Gasteiger partial charge in [-0.25, -0.2) is 4.98 Å². The summed E-state index contributed by atoms with van der Waals surface area (Å²) in [7, 11) is 0. The summed E-state index contributed by atoms with van der Waals surface area (Å²) in [5.74, 6) is 0.895. The van der Waals surface area contributed by atoms with Gasteiger partial charge in [-0.1, -0.05) is 163 Å². The molecule has 2 aromatic heterocycles. The minimum Gasteiger partial charge on any atom is -0.493 e. The summed E-state index contributed by atoms with van der Waals surface area (Å²) >= 11 is 0. The van der Waals surface area contributed by atoms with E-state index in [9.17, 15) is 0 Å². The van der Waals surface area contributed by atoms with E-state index in [0.29, 0.717) is 0 Å². The van der Waals surface area contributed by atoms with Gasteiger partial charge in [-0.3, -0.25) is 0 Å². The molecule has 0 radical (unpaired) electrons. The maximum absolute atomic E-state index is 5.25. The molecule has 0 aliphatic carbocycles. The SMILES string of the molecule is CC(C)(C)c1ccc(-c2cnc(-n3c4[c-]c(C(C)(C)c5[c-]c(N6[CH-]N(c7cc(C(C)(C)C)cc(C(C)(C)C)c7)c7ccccc76)ccc5)ccc4c4ccccc43)cc2C(C)(C)C)cc1.[Pt]. The molecule has 0 saturated carbocycles. The topological polar surface area (TPSA) is 24.3 Å². The van der Waals surface area contributed by atoms with Crippen LogP contribution in [0.4, 0.5) is 22.7 Å². The second-order valence-corrected chi connectivity index (χ2v) is 22.8. The van der Waals surface area contributed by atoms with Crippen LogP contribution in [0.25, 0.3) is 38.8 Å². The summed E-state index contributed by atoms with van der Waals surface area (Å²) in [6.45, 7) is 34.3. The fraction of sp³-hybridized carbons (Fsp3) is 0.311. The smallest absolute Gasteiger partial charge is 0.135 e. The van der Waals surface area contributed by atoms with Gasteiger partial charge in [-0.15, -0.1) is 17.7 Å². The number of aromatic nitrogens is 2. The molecule has 0 fully saturated rings. The molecule has 0 N–H and O–H groups in total. The Balaban J connectivity index is 0.00000592. The summed E-state index contributed by atoms with van der Waals surface area (Å²) in [6.07, 6.45) is 2.08. The van der Waals surface area contributed by atoms with Crippen LogP contribution < -0.4 is 9.80 Å². The van der Waals surface area contributed by atoms with Crippen LogP contribution >= 0.6 is 0 Å². The van der Waals surface area contributed by atoms with Crippen molar-refractivity contribution in [3.63, 3.8) is 0 Å². The number of hydrogen-bond donors (Lipinski definition) is 0. The van der Waals surface area contributed by atoms with Crippen LogP contribution in [-0.2, 0) is 48.1 Å². The summed E-state index contributed by atoms with van der Waals surface area (Å²) in [5, 5.41) is 2.35. The fourth-order valence-corrected chi connectivity index (χ4v) is 9.29. The number of fused-ring (bicyclic) bond motifs is 4. The summed E-state index contributed by atoms with van der Waals surface area (Å²) in [6, 6.07) is 54.8. The molecule has 3 heterocycles. The maximum atomic E-state index is 5.25. The van der Waals surface area contributed by atoms with E-state index in [1.54, 1.807) is 0 Å². The van der Waals surface area contributed by atoms with E-state index in [0.717, 1.165) is 56.0 Å². The zero-order valence-corrected chi connectivity index (χ0v) is 43.7. The zero-order valence-electron chi connectivity index (χ0n) is 41.4. The van der Waals surface area contributed by atoms with Crippen LogP contribution in [0.3, 0.4) is 0 Å². The Kier molecular flexibility index (Phi) is 11.9. The van der Waals surface area contributed by atoms with Crippen molar-refractivity contribution in [2.24, 2.45) is 0 Å². The van der Waals surface area contributed by atoms with Crippen LogP contribution in [-0.4, -0.2) is 9.55 Å². The van der Waals surface area contributed by atoms with Crippen LogP contribution in [0.2, 0.25) is 0 Å². The molecule has 0 atom stereocenters. The van der Waals surface area contributed by atoms with Gasteiger partial charge in [0, 0.05) is 55.4 Å². The first kappa shape index (κ1) is 47.1. The zero-order chi connectivity index (χ0) is 46.4. The Morgan fingerprint density at radius 1 is 0.500 bits per heavy atom. The van der Waals surface area contributed by atoms with Gasteiger partial charge >= 0.3 is 0 Å². The van der Waals surface area contributed by atoms with Crippen molar-refractivity contribution in [2.75, 3.05) is 9.80 Å². The molecule has 9 rings (SSSR count). The Morgan fingerprint density at radius 2 is 1.09 bits per heavy atom. The second kappa shape index (κ2) is 16.7. The molecule has 0 spiro atoms. The maximum Gasteiger partial charge on any atom is 0.135 e. The first-order chi connectivity index (χ1) is 30.5. The van der Waals surface area contributed by atoms with Crippen LogP contribution in [0.15, 0.2) is 134 Å². The average Bonchev–Trinajstić information content (AvgIpc) is 3.81. The average molecular weight is 1050 g/mol. The number of hydrogen-bond acceptors (Lipinski definition) is 3. The van der Waals surface area contributed by atoms with Crippen molar-refractivity contribution < 1.29 is 21.1 Å². The molecule has 5 heteroatoms. The van der Waals surface area contributed by atoms with E-state index >= 15 is 0 Å². The van der Waals surface area contributed by atoms with Crippen molar-refractivity contribution >= 4 is 44.6 Å². The van der Waals surface area contributed by atoms with Crippen LogP contribution in [0.5, 0.6) is 0 Å². The monoisotopic (exact) mass is 1050 g/mol. The number of benzene rings is 6. The van der Waals surface area contributed by atoms with E-state index in [-0.39, 0.29) is 42.7 Å². The van der Waals surface area contributed by atoms with E-state index < -0.39 is 5.41 Å². The Hall–Kier alpha value is -5.44. The molecule has 6 aromatic carbocycles. The molecule has 0 saturated heterocycles. The van der Waals surface area contributed by atoms with Crippen molar-refractivity contribution in [3.05, 3.63) is 186 Å². The number of pyridine rings is 1. The fourth-order valence-electron chi connectivity index (χ4n) is 9.29. The van der Waals surface area contributed by atoms with Crippen LogP contribution in [0, 0.1) is 18.8 Å². The van der Waals surface area contributed by atoms with E-state index in [1.165, 1.54) is 38.9 Å². The van der Waals surface area contributed by atoms with Gasteiger partial charge in [0.1, 0.15) is 5.82 Å². The molecule has 4 nitrogen and oxygen atoms in total. The summed E-state index contributed by atoms with van der Waals surface area (Å²) in [4.78, 5) is 9.89. The largest absolute Gasteiger partial charge is 0.493 e. The van der Waals surface area contributed by atoms with Crippen molar-refractivity contribution in [2.45, 2.75) is 124 Å². The number of anilines is 4. The number of rotatable bonds is 6. The summed E-state index contributed by atoms with van der Waals surface area (Å²) < 4.78 is 2.32. The van der Waals surface area contributed by atoms with Crippen molar-refractivity contribution in [1.82, 2.24) is 9.55 Å². The van der Waals surface area contributed by atoms with Gasteiger partial charge in [0.05, 0.1) is 0 Å². The molecule has 342 valence electrons. The molecule has 0 unspecified atom stereocenters. The third-order valence-electron chi connectivity index (χ3n) is 13.5. The number of para-hydroxylation sites is 3. The predicted octanol–water partition coefficient (Wildman–Crippen LogP) is 16.4. The molecule has 1 aliphatic rings. The van der Waals surface area contributed by atoms with Gasteiger partial charge < -0.3 is 14.4 Å². The van der Waals surface area contributed by atoms with Gasteiger partial charge in [-0.2, -0.15) is 53.6 Å². The molecular formula is C61H65N4Pt-3. The molecule has 66 heavy (non-hydrogen) atoms. The predicted molar refractivity (Wildman–Crippen MR) is 277 cm³/mol.